The summed E-state index contributed by atoms with van der Waals surface area (Å²) in [4.78, 5) is 33.3. The zero-order valence-electron chi connectivity index (χ0n) is 14.6. The molecule has 4 rings (SSSR count). The van der Waals surface area contributed by atoms with Crippen LogP contribution in [0.4, 0.5) is 0 Å². The van der Waals surface area contributed by atoms with Crippen LogP contribution in [0.1, 0.15) is 31.8 Å². The number of ketones is 2. The first kappa shape index (κ1) is 18.4. The number of aromatic nitrogens is 2. The van der Waals surface area contributed by atoms with E-state index in [0.29, 0.717) is 0 Å². The van der Waals surface area contributed by atoms with E-state index in [1.165, 1.54) is 24.3 Å². The largest absolute Gasteiger partial charge is 0.289 e. The third-order valence-electron chi connectivity index (χ3n) is 4.37. The highest BCUT2D eigenvalue weighted by Crippen LogP contribution is 2.32. The zero-order valence-corrected chi connectivity index (χ0v) is 16.3. The van der Waals surface area contributed by atoms with Crippen molar-refractivity contribution in [1.82, 2.24) is 9.97 Å². The Bertz CT molecular complexity index is 1440. The Labute approximate surface area is 160 Å². The van der Waals surface area contributed by atoms with E-state index in [-0.39, 0.29) is 33.2 Å². The van der Waals surface area contributed by atoms with Crippen molar-refractivity contribution in [2.75, 3.05) is 12.5 Å². The van der Waals surface area contributed by atoms with Crippen LogP contribution in [0, 0.1) is 0 Å². The Morgan fingerprint density at radius 3 is 1.75 bits per heavy atom. The third kappa shape index (κ3) is 2.72. The van der Waals surface area contributed by atoms with Gasteiger partial charge in [0.25, 0.3) is 0 Å². The summed E-state index contributed by atoms with van der Waals surface area (Å²) in [7, 11) is -7.85. The molecule has 0 spiro atoms. The Morgan fingerprint density at radius 2 is 1.25 bits per heavy atom. The molecule has 0 N–H and O–H groups in total. The third-order valence-corrected chi connectivity index (χ3v) is 6.23. The van der Waals surface area contributed by atoms with Crippen molar-refractivity contribution in [1.29, 1.82) is 0 Å². The lowest BCUT2D eigenvalue weighted by atomic mass is 9.83. The number of benzene rings is 2. The second kappa shape index (κ2) is 5.76. The van der Waals surface area contributed by atoms with Gasteiger partial charge in [-0.15, -0.1) is 0 Å². The van der Waals surface area contributed by atoms with Crippen molar-refractivity contribution in [2.24, 2.45) is 0 Å². The average molecular weight is 416 g/mol. The average Bonchev–Trinajstić information content (AvgIpc) is 2.62. The molecule has 1 aromatic heterocycles. The predicted octanol–water partition coefficient (Wildman–Crippen LogP) is 1.21. The number of carbonyl (C=O) groups excluding carboxylic acids is 2. The second-order valence-corrected chi connectivity index (χ2v) is 10.3. The smallest absolute Gasteiger partial charge is 0.248 e. The molecule has 0 atom stereocenters. The van der Waals surface area contributed by atoms with Crippen molar-refractivity contribution in [3.63, 3.8) is 0 Å². The fourth-order valence-corrected chi connectivity index (χ4v) is 4.51. The summed E-state index contributed by atoms with van der Waals surface area (Å²) in [6, 6.07) is 8.77. The Hall–Kier alpha value is -2.98. The number of hydrogen-bond acceptors (Lipinski definition) is 8. The topological polar surface area (TPSA) is 128 Å². The number of carbonyl (C=O) groups is 2. The zero-order chi connectivity index (χ0) is 20.4. The van der Waals surface area contributed by atoms with Crippen molar-refractivity contribution < 1.29 is 26.4 Å². The molecular formula is C18H12N2O6S2. The minimum atomic E-state index is -3.94. The van der Waals surface area contributed by atoms with E-state index >= 15 is 0 Å². The van der Waals surface area contributed by atoms with Crippen LogP contribution in [-0.4, -0.2) is 50.9 Å². The van der Waals surface area contributed by atoms with Crippen molar-refractivity contribution >= 4 is 42.1 Å². The SMILES string of the molecule is CS(=O)(=O)c1nc(S(C)(=O)=O)c2cc3c(cc2n1)C(=O)c1ccccc1C3=O. The summed E-state index contributed by atoms with van der Waals surface area (Å²) in [6.07, 6.45) is 1.73. The summed E-state index contributed by atoms with van der Waals surface area (Å²) in [5.74, 6) is -0.855. The number of sulfone groups is 2. The molecule has 0 unspecified atom stereocenters. The van der Waals surface area contributed by atoms with Gasteiger partial charge in [0.05, 0.1) is 5.52 Å². The van der Waals surface area contributed by atoms with Crippen LogP contribution >= 0.6 is 0 Å². The molecule has 0 amide bonds. The van der Waals surface area contributed by atoms with E-state index in [4.69, 9.17) is 0 Å². The summed E-state index contributed by atoms with van der Waals surface area (Å²) in [5, 5.41) is -1.20. The first-order valence-electron chi connectivity index (χ1n) is 7.93. The lowest BCUT2D eigenvalue weighted by Crippen LogP contribution is -2.21. The van der Waals surface area contributed by atoms with Gasteiger partial charge >= 0.3 is 0 Å². The molecule has 0 saturated carbocycles. The maximum Gasteiger partial charge on any atom is 0.248 e. The number of rotatable bonds is 2. The van der Waals surface area contributed by atoms with Gasteiger partial charge in [-0.25, -0.2) is 26.8 Å². The molecule has 1 heterocycles. The lowest BCUT2D eigenvalue weighted by Gasteiger charge is -2.18. The molecule has 0 saturated heterocycles. The van der Waals surface area contributed by atoms with Crippen LogP contribution in [-0.2, 0) is 19.7 Å². The Morgan fingerprint density at radius 1 is 0.714 bits per heavy atom. The Balaban J connectivity index is 2.14. The van der Waals surface area contributed by atoms with Crippen molar-refractivity contribution in [3.8, 4) is 0 Å². The van der Waals surface area contributed by atoms with Gasteiger partial charge in [-0.05, 0) is 12.1 Å². The van der Waals surface area contributed by atoms with Crippen LogP contribution in [0.5, 0.6) is 0 Å². The van der Waals surface area contributed by atoms with Gasteiger partial charge in [0.1, 0.15) is 0 Å². The minimum absolute atomic E-state index is 0.0193. The quantitative estimate of drug-likeness (QED) is 0.352. The van der Waals surface area contributed by atoms with Crippen LogP contribution in [0.25, 0.3) is 10.9 Å². The molecule has 1 aliphatic carbocycles. The van der Waals surface area contributed by atoms with E-state index < -0.39 is 41.4 Å². The van der Waals surface area contributed by atoms with E-state index in [2.05, 4.69) is 9.97 Å². The van der Waals surface area contributed by atoms with Crippen LogP contribution in [0.2, 0.25) is 0 Å². The van der Waals surface area contributed by atoms with Crippen LogP contribution < -0.4 is 0 Å². The first-order valence-corrected chi connectivity index (χ1v) is 11.7. The maximum absolute atomic E-state index is 12.8. The molecule has 8 nitrogen and oxygen atoms in total. The van der Waals surface area contributed by atoms with Crippen molar-refractivity contribution in [2.45, 2.75) is 10.2 Å². The lowest BCUT2D eigenvalue weighted by molar-refractivity contribution is 0.0979. The molecule has 10 heteroatoms. The fourth-order valence-electron chi connectivity index (χ4n) is 3.12. The molecule has 3 aromatic rings. The van der Waals surface area contributed by atoms with Gasteiger partial charge in [0, 0.05) is 40.2 Å². The summed E-state index contributed by atoms with van der Waals surface area (Å²) in [6.45, 7) is 0. The first-order chi connectivity index (χ1) is 13.0. The molecule has 0 radical (unpaired) electrons. The van der Waals surface area contributed by atoms with Gasteiger partial charge in [-0.3, -0.25) is 9.59 Å². The van der Waals surface area contributed by atoms with Gasteiger partial charge in [0.15, 0.2) is 26.4 Å². The van der Waals surface area contributed by atoms with Gasteiger partial charge in [-0.2, -0.15) is 0 Å². The van der Waals surface area contributed by atoms with Crippen LogP contribution in [0.15, 0.2) is 46.6 Å². The van der Waals surface area contributed by atoms with E-state index in [1.807, 2.05) is 0 Å². The molecule has 1 aliphatic rings. The number of hydrogen-bond donors (Lipinski definition) is 0. The maximum atomic E-state index is 12.8. The molecule has 28 heavy (non-hydrogen) atoms. The van der Waals surface area contributed by atoms with Crippen LogP contribution in [0.3, 0.4) is 0 Å². The highest BCUT2D eigenvalue weighted by molar-refractivity contribution is 7.91. The van der Waals surface area contributed by atoms with E-state index in [1.54, 1.807) is 12.1 Å². The van der Waals surface area contributed by atoms with Gasteiger partial charge in [-0.1, -0.05) is 24.3 Å². The highest BCUT2D eigenvalue weighted by atomic mass is 32.2. The molecule has 0 bridgehead atoms. The number of nitrogens with zero attached hydrogens (tertiary/aromatic N) is 2. The van der Waals surface area contributed by atoms with Crippen molar-refractivity contribution in [3.05, 3.63) is 58.7 Å². The molecule has 0 fully saturated rings. The normalized spacial score (nSPS) is 14.1. The van der Waals surface area contributed by atoms with E-state index in [0.717, 1.165) is 12.5 Å². The Kier molecular flexibility index (Phi) is 3.78. The molecule has 0 aliphatic heterocycles. The fraction of sp³-hybridized carbons (Fsp3) is 0.111. The number of fused-ring (bicyclic) bond motifs is 3. The molecular weight excluding hydrogens is 404 g/mol. The standard InChI is InChI=1S/C18H12N2O6S2/c1-27(23,24)17-13-7-11-12(8-14(13)19-18(20-17)28(2,25)26)16(22)10-6-4-3-5-9(10)15(11)21/h3-8H,1-2H3. The van der Waals surface area contributed by atoms with E-state index in [9.17, 15) is 26.4 Å². The minimum Gasteiger partial charge on any atom is -0.289 e. The summed E-state index contributed by atoms with van der Waals surface area (Å²) >= 11 is 0. The predicted molar refractivity (Wildman–Crippen MR) is 99.1 cm³/mol. The van der Waals surface area contributed by atoms with Gasteiger partial charge < -0.3 is 0 Å². The molecule has 142 valence electrons. The summed E-state index contributed by atoms with van der Waals surface area (Å²) < 4.78 is 48.2. The van der Waals surface area contributed by atoms with Gasteiger partial charge in [0.2, 0.25) is 15.0 Å². The second-order valence-electron chi connectivity index (χ2n) is 6.47. The summed E-state index contributed by atoms with van der Waals surface area (Å²) in [5.41, 5.74) is 0.453. The molecule has 2 aromatic carbocycles. The highest BCUT2D eigenvalue weighted by Gasteiger charge is 2.31. The monoisotopic (exact) mass is 416 g/mol.